The molecule has 0 aliphatic heterocycles. The van der Waals surface area contributed by atoms with Gasteiger partial charge in [0.05, 0.1) is 18.4 Å². The van der Waals surface area contributed by atoms with Crippen molar-refractivity contribution in [2.24, 2.45) is 0 Å². The number of aromatic amines is 1. The number of imidazole rings is 1. The highest BCUT2D eigenvalue weighted by Gasteiger charge is 2.03. The van der Waals surface area contributed by atoms with Gasteiger partial charge in [-0.3, -0.25) is 0 Å². The zero-order chi connectivity index (χ0) is 13.8. The number of anilines is 1. The van der Waals surface area contributed by atoms with Gasteiger partial charge in [-0.25, -0.2) is 4.98 Å². The largest absolute Gasteiger partial charge is 0.378 e. The Kier molecular flexibility index (Phi) is 3.50. The fourth-order valence-corrected chi connectivity index (χ4v) is 2.07. The third kappa shape index (κ3) is 2.88. The van der Waals surface area contributed by atoms with Crippen molar-refractivity contribution >= 4 is 5.69 Å². The molecule has 0 aliphatic rings. The lowest BCUT2D eigenvalue weighted by Gasteiger charge is -2.03. The molecule has 3 heteroatoms. The molecule has 0 spiro atoms. The van der Waals surface area contributed by atoms with Crippen LogP contribution in [0.4, 0.5) is 5.69 Å². The van der Waals surface area contributed by atoms with Crippen LogP contribution in [0.3, 0.4) is 0 Å². The zero-order valence-electron chi connectivity index (χ0n) is 11.4. The van der Waals surface area contributed by atoms with E-state index in [1.807, 2.05) is 36.5 Å². The van der Waals surface area contributed by atoms with Crippen molar-refractivity contribution in [3.63, 3.8) is 0 Å². The van der Waals surface area contributed by atoms with Gasteiger partial charge in [0.2, 0.25) is 0 Å². The number of nitrogens with zero attached hydrogens (tertiary/aromatic N) is 1. The van der Waals surface area contributed by atoms with Crippen LogP contribution in [0.2, 0.25) is 0 Å². The summed E-state index contributed by atoms with van der Waals surface area (Å²) < 4.78 is 0. The second kappa shape index (κ2) is 5.61. The number of para-hydroxylation sites is 1. The SMILES string of the molecule is Cc1ccc(-c2cnc(CNc3ccccc3)[nH]2)cc1. The van der Waals surface area contributed by atoms with E-state index in [1.54, 1.807) is 0 Å². The van der Waals surface area contributed by atoms with Gasteiger partial charge in [-0.2, -0.15) is 0 Å². The van der Waals surface area contributed by atoms with Gasteiger partial charge in [-0.1, -0.05) is 48.0 Å². The van der Waals surface area contributed by atoms with Gasteiger partial charge >= 0.3 is 0 Å². The predicted molar refractivity (Wildman–Crippen MR) is 82.5 cm³/mol. The molecular formula is C17H17N3. The van der Waals surface area contributed by atoms with Crippen molar-refractivity contribution < 1.29 is 0 Å². The molecule has 2 N–H and O–H groups in total. The maximum Gasteiger partial charge on any atom is 0.125 e. The second-order valence-corrected chi connectivity index (χ2v) is 4.83. The molecule has 20 heavy (non-hydrogen) atoms. The van der Waals surface area contributed by atoms with E-state index in [0.29, 0.717) is 6.54 Å². The van der Waals surface area contributed by atoms with Gasteiger partial charge in [-0.15, -0.1) is 0 Å². The summed E-state index contributed by atoms with van der Waals surface area (Å²) in [7, 11) is 0. The number of H-pyrrole nitrogens is 1. The third-order valence-electron chi connectivity index (χ3n) is 3.22. The topological polar surface area (TPSA) is 40.7 Å². The van der Waals surface area contributed by atoms with Crippen LogP contribution in [-0.4, -0.2) is 9.97 Å². The standard InChI is InChI=1S/C17H17N3/c1-13-7-9-14(10-8-13)16-11-19-17(20-16)12-18-15-5-3-2-4-6-15/h2-11,18H,12H2,1H3,(H,19,20). The summed E-state index contributed by atoms with van der Waals surface area (Å²) in [5.41, 5.74) is 4.57. The fraction of sp³-hybridized carbons (Fsp3) is 0.118. The predicted octanol–water partition coefficient (Wildman–Crippen LogP) is 4.00. The number of benzene rings is 2. The molecule has 3 nitrogen and oxygen atoms in total. The fourth-order valence-electron chi connectivity index (χ4n) is 2.07. The van der Waals surface area contributed by atoms with E-state index in [4.69, 9.17) is 0 Å². The maximum absolute atomic E-state index is 4.41. The van der Waals surface area contributed by atoms with Crippen LogP contribution >= 0.6 is 0 Å². The lowest BCUT2D eigenvalue weighted by Crippen LogP contribution is -2.00. The molecule has 0 atom stereocenters. The molecule has 1 aromatic heterocycles. The number of aryl methyl sites for hydroxylation is 1. The van der Waals surface area contributed by atoms with Crippen LogP contribution in [-0.2, 0) is 6.54 Å². The van der Waals surface area contributed by atoms with Crippen LogP contribution < -0.4 is 5.32 Å². The summed E-state index contributed by atoms with van der Waals surface area (Å²) in [5.74, 6) is 0.935. The molecule has 0 aliphatic carbocycles. The molecule has 0 saturated heterocycles. The Balaban J connectivity index is 1.69. The maximum atomic E-state index is 4.41. The first-order valence-corrected chi connectivity index (χ1v) is 6.71. The van der Waals surface area contributed by atoms with E-state index >= 15 is 0 Å². The number of aromatic nitrogens is 2. The average molecular weight is 263 g/mol. The molecule has 3 aromatic rings. The monoisotopic (exact) mass is 263 g/mol. The lowest BCUT2D eigenvalue weighted by atomic mass is 10.1. The van der Waals surface area contributed by atoms with E-state index < -0.39 is 0 Å². The Morgan fingerprint density at radius 3 is 2.50 bits per heavy atom. The minimum Gasteiger partial charge on any atom is -0.378 e. The highest BCUT2D eigenvalue weighted by molar-refractivity contribution is 5.58. The van der Waals surface area contributed by atoms with E-state index in [0.717, 1.165) is 22.8 Å². The molecule has 1 heterocycles. The minimum absolute atomic E-state index is 0.690. The Labute approximate surface area is 118 Å². The molecule has 3 rings (SSSR count). The van der Waals surface area contributed by atoms with Gasteiger partial charge < -0.3 is 10.3 Å². The first-order chi connectivity index (χ1) is 9.81. The number of nitrogens with one attached hydrogen (secondary N) is 2. The molecule has 0 radical (unpaired) electrons. The Hall–Kier alpha value is -2.55. The first kappa shape index (κ1) is 12.5. The Morgan fingerprint density at radius 2 is 1.75 bits per heavy atom. The summed E-state index contributed by atoms with van der Waals surface area (Å²) in [6.07, 6.45) is 1.88. The molecular weight excluding hydrogens is 246 g/mol. The first-order valence-electron chi connectivity index (χ1n) is 6.71. The van der Waals surface area contributed by atoms with E-state index in [1.165, 1.54) is 5.56 Å². The van der Waals surface area contributed by atoms with Crippen LogP contribution in [0.5, 0.6) is 0 Å². The van der Waals surface area contributed by atoms with Crippen LogP contribution in [0.25, 0.3) is 11.3 Å². The molecule has 0 amide bonds. The average Bonchev–Trinajstić information content (AvgIpc) is 2.96. The van der Waals surface area contributed by atoms with Crippen LogP contribution in [0, 0.1) is 6.92 Å². The van der Waals surface area contributed by atoms with E-state index in [9.17, 15) is 0 Å². The van der Waals surface area contributed by atoms with Gasteiger partial charge in [0, 0.05) is 5.69 Å². The summed E-state index contributed by atoms with van der Waals surface area (Å²) in [6, 6.07) is 18.6. The van der Waals surface area contributed by atoms with Gasteiger partial charge in [0.15, 0.2) is 0 Å². The number of hydrogen-bond donors (Lipinski definition) is 2. The van der Waals surface area contributed by atoms with Crippen molar-refractivity contribution in [2.75, 3.05) is 5.32 Å². The highest BCUT2D eigenvalue weighted by Crippen LogP contribution is 2.17. The minimum atomic E-state index is 0.690. The van der Waals surface area contributed by atoms with Gasteiger partial charge in [-0.05, 0) is 24.6 Å². The molecule has 100 valence electrons. The molecule has 2 aromatic carbocycles. The quantitative estimate of drug-likeness (QED) is 0.747. The van der Waals surface area contributed by atoms with Crippen LogP contribution in [0.1, 0.15) is 11.4 Å². The van der Waals surface area contributed by atoms with E-state index in [2.05, 4.69) is 46.5 Å². The smallest absolute Gasteiger partial charge is 0.125 e. The molecule has 0 bridgehead atoms. The molecule has 0 unspecified atom stereocenters. The highest BCUT2D eigenvalue weighted by atomic mass is 15.0. The lowest BCUT2D eigenvalue weighted by molar-refractivity contribution is 1.00. The molecule has 0 fully saturated rings. The van der Waals surface area contributed by atoms with Gasteiger partial charge in [0.1, 0.15) is 5.82 Å². The number of hydrogen-bond acceptors (Lipinski definition) is 2. The Morgan fingerprint density at radius 1 is 1.00 bits per heavy atom. The van der Waals surface area contributed by atoms with Gasteiger partial charge in [0.25, 0.3) is 0 Å². The van der Waals surface area contributed by atoms with Crippen LogP contribution in [0.15, 0.2) is 60.8 Å². The van der Waals surface area contributed by atoms with Crippen molar-refractivity contribution in [1.82, 2.24) is 9.97 Å². The zero-order valence-corrected chi connectivity index (χ0v) is 11.4. The van der Waals surface area contributed by atoms with Crippen molar-refractivity contribution in [3.8, 4) is 11.3 Å². The normalized spacial score (nSPS) is 10.4. The summed E-state index contributed by atoms with van der Waals surface area (Å²) in [6.45, 7) is 2.78. The summed E-state index contributed by atoms with van der Waals surface area (Å²) in [5, 5.41) is 3.34. The second-order valence-electron chi connectivity index (χ2n) is 4.83. The third-order valence-corrected chi connectivity index (χ3v) is 3.22. The summed E-state index contributed by atoms with van der Waals surface area (Å²) in [4.78, 5) is 7.76. The number of rotatable bonds is 4. The van der Waals surface area contributed by atoms with E-state index in [-0.39, 0.29) is 0 Å². The van der Waals surface area contributed by atoms with Crippen molar-refractivity contribution in [2.45, 2.75) is 13.5 Å². The Bertz CT molecular complexity index is 669. The summed E-state index contributed by atoms with van der Waals surface area (Å²) >= 11 is 0. The molecule has 0 saturated carbocycles. The van der Waals surface area contributed by atoms with Crippen molar-refractivity contribution in [3.05, 3.63) is 72.2 Å². The van der Waals surface area contributed by atoms with Crippen molar-refractivity contribution in [1.29, 1.82) is 0 Å².